The van der Waals surface area contributed by atoms with Crippen molar-refractivity contribution >= 4 is 6.09 Å². The van der Waals surface area contributed by atoms with Crippen LogP contribution in [0, 0.1) is 5.82 Å². The van der Waals surface area contributed by atoms with Gasteiger partial charge in [-0.3, -0.25) is 9.69 Å². The van der Waals surface area contributed by atoms with Crippen molar-refractivity contribution in [3.05, 3.63) is 63.8 Å². The van der Waals surface area contributed by atoms with E-state index in [0.717, 1.165) is 0 Å². The molecule has 0 spiro atoms. The van der Waals surface area contributed by atoms with Gasteiger partial charge in [-0.15, -0.1) is 0 Å². The monoisotopic (exact) mass is 389 g/mol. The maximum Gasteiger partial charge on any atom is 0.407 e. The molecule has 1 saturated heterocycles. The zero-order valence-electron chi connectivity index (χ0n) is 15.7. The second kappa shape index (κ2) is 8.43. The molecule has 2 N–H and O–H groups in total. The third kappa shape index (κ3) is 4.33. The first-order valence-corrected chi connectivity index (χ1v) is 9.26. The number of rotatable bonds is 5. The molecule has 1 atom stereocenters. The van der Waals surface area contributed by atoms with E-state index in [9.17, 15) is 24.2 Å². The van der Waals surface area contributed by atoms with E-state index in [-0.39, 0.29) is 24.2 Å². The fraction of sp³-hybridized carbons (Fsp3) is 0.400. The second-order valence-corrected chi connectivity index (χ2v) is 7.03. The van der Waals surface area contributed by atoms with Crippen molar-refractivity contribution in [2.75, 3.05) is 19.6 Å². The minimum absolute atomic E-state index is 0.109. The fourth-order valence-electron chi connectivity index (χ4n) is 3.59. The highest BCUT2D eigenvalue weighted by atomic mass is 19.1. The van der Waals surface area contributed by atoms with Gasteiger partial charge in [-0.2, -0.15) is 0 Å². The molecule has 150 valence electrons. The van der Waals surface area contributed by atoms with Gasteiger partial charge in [0, 0.05) is 44.0 Å². The average molecular weight is 389 g/mol. The molecule has 1 aromatic heterocycles. The smallest absolute Gasteiger partial charge is 0.407 e. The Morgan fingerprint density at radius 3 is 2.71 bits per heavy atom. The molecule has 1 aromatic carbocycles. The number of hydrogen-bond acceptors (Lipinski definition) is 4. The molecule has 1 amide bonds. The number of benzene rings is 1. The maximum absolute atomic E-state index is 13.3. The summed E-state index contributed by atoms with van der Waals surface area (Å²) >= 11 is 0. The molecule has 1 aliphatic rings. The van der Waals surface area contributed by atoms with Crippen LogP contribution in [-0.2, 0) is 13.1 Å². The first-order valence-electron chi connectivity index (χ1n) is 9.26. The van der Waals surface area contributed by atoms with Gasteiger partial charge in [-0.1, -0.05) is 19.1 Å². The van der Waals surface area contributed by atoms with Crippen molar-refractivity contribution in [1.29, 1.82) is 0 Å². The molecule has 0 saturated carbocycles. The highest BCUT2D eigenvalue weighted by Crippen LogP contribution is 2.19. The first kappa shape index (κ1) is 19.9. The van der Waals surface area contributed by atoms with Crippen LogP contribution in [0.15, 0.2) is 41.3 Å². The summed E-state index contributed by atoms with van der Waals surface area (Å²) in [5.41, 5.74) is 0.599. The highest BCUT2D eigenvalue weighted by molar-refractivity contribution is 5.65. The number of amides is 1. The topological polar surface area (TPSA) is 86.0 Å². The van der Waals surface area contributed by atoms with Crippen molar-refractivity contribution in [1.82, 2.24) is 14.4 Å². The van der Waals surface area contributed by atoms with Crippen molar-refractivity contribution in [2.24, 2.45) is 0 Å². The number of halogens is 1. The zero-order chi connectivity index (χ0) is 20.3. The molecule has 8 heteroatoms. The molecule has 3 rings (SSSR count). The third-order valence-electron chi connectivity index (χ3n) is 5.14. The lowest BCUT2D eigenvalue weighted by Gasteiger charge is -2.39. The number of aromatic hydroxyl groups is 1. The number of hydrogen-bond donors (Lipinski definition) is 2. The largest absolute Gasteiger partial charge is 0.503 e. The molecular weight excluding hydrogens is 365 g/mol. The van der Waals surface area contributed by atoms with Crippen molar-refractivity contribution < 1.29 is 19.4 Å². The molecule has 1 fully saturated rings. The summed E-state index contributed by atoms with van der Waals surface area (Å²) < 4.78 is 14.7. The van der Waals surface area contributed by atoms with Crippen LogP contribution in [0.1, 0.15) is 24.5 Å². The lowest BCUT2D eigenvalue weighted by Crippen LogP contribution is -2.54. The van der Waals surface area contributed by atoms with Crippen molar-refractivity contribution in [3.63, 3.8) is 0 Å². The van der Waals surface area contributed by atoms with Gasteiger partial charge in [-0.05, 0) is 30.2 Å². The Kier molecular flexibility index (Phi) is 5.99. The Hall–Kier alpha value is -2.87. The van der Waals surface area contributed by atoms with Crippen LogP contribution in [0.4, 0.5) is 9.18 Å². The number of nitrogens with zero attached hydrogens (tertiary/aromatic N) is 3. The van der Waals surface area contributed by atoms with E-state index >= 15 is 0 Å². The Balaban J connectivity index is 1.73. The molecule has 1 unspecified atom stereocenters. The maximum atomic E-state index is 13.3. The average Bonchev–Trinajstić information content (AvgIpc) is 2.67. The predicted molar refractivity (Wildman–Crippen MR) is 102 cm³/mol. The summed E-state index contributed by atoms with van der Waals surface area (Å²) in [6.07, 6.45) is 1.37. The summed E-state index contributed by atoms with van der Waals surface area (Å²) in [6, 6.07) is 7.55. The molecule has 7 nitrogen and oxygen atoms in total. The van der Waals surface area contributed by atoms with Gasteiger partial charge >= 0.3 is 6.09 Å². The van der Waals surface area contributed by atoms with E-state index in [0.29, 0.717) is 43.7 Å². The SMILES string of the molecule is CCC1CN(Cc2ccn(Cc3cccc(F)c3)c(=O)c2O)CCN1C(=O)O. The van der Waals surface area contributed by atoms with Crippen molar-refractivity contribution in [3.8, 4) is 5.75 Å². The zero-order valence-corrected chi connectivity index (χ0v) is 15.7. The van der Waals surface area contributed by atoms with E-state index in [1.807, 2.05) is 11.8 Å². The van der Waals surface area contributed by atoms with Gasteiger partial charge in [-0.25, -0.2) is 9.18 Å². The van der Waals surface area contributed by atoms with Crippen LogP contribution >= 0.6 is 0 Å². The summed E-state index contributed by atoms with van der Waals surface area (Å²) in [6.45, 7) is 3.95. The molecule has 2 heterocycles. The lowest BCUT2D eigenvalue weighted by molar-refractivity contribution is 0.0626. The normalized spacial score (nSPS) is 17.6. The van der Waals surface area contributed by atoms with Crippen LogP contribution in [-0.4, -0.2) is 56.3 Å². The molecule has 0 radical (unpaired) electrons. The molecule has 0 aliphatic carbocycles. The second-order valence-electron chi connectivity index (χ2n) is 7.03. The Morgan fingerprint density at radius 2 is 2.04 bits per heavy atom. The molecule has 1 aliphatic heterocycles. The summed E-state index contributed by atoms with van der Waals surface area (Å²) in [5.74, 6) is -0.704. The number of pyridine rings is 1. The van der Waals surface area contributed by atoms with Gasteiger partial charge in [0.1, 0.15) is 5.82 Å². The first-order chi connectivity index (χ1) is 13.4. The van der Waals surface area contributed by atoms with E-state index in [4.69, 9.17) is 0 Å². The Bertz CT molecular complexity index is 915. The minimum Gasteiger partial charge on any atom is -0.503 e. The minimum atomic E-state index is -0.922. The van der Waals surface area contributed by atoms with Gasteiger partial charge in [0.15, 0.2) is 5.75 Å². The summed E-state index contributed by atoms with van der Waals surface area (Å²) in [4.78, 5) is 27.3. The number of carboxylic acid groups (broad SMARTS) is 1. The van der Waals surface area contributed by atoms with Crippen LogP contribution in [0.3, 0.4) is 0 Å². The van der Waals surface area contributed by atoms with Crippen LogP contribution in [0.5, 0.6) is 5.75 Å². The highest BCUT2D eigenvalue weighted by Gasteiger charge is 2.29. The van der Waals surface area contributed by atoms with E-state index in [2.05, 4.69) is 0 Å². The third-order valence-corrected chi connectivity index (χ3v) is 5.14. The molecule has 2 aromatic rings. The van der Waals surface area contributed by atoms with Crippen LogP contribution < -0.4 is 5.56 Å². The summed E-state index contributed by atoms with van der Waals surface area (Å²) in [5, 5.41) is 19.6. The summed E-state index contributed by atoms with van der Waals surface area (Å²) in [7, 11) is 0. The van der Waals surface area contributed by atoms with Gasteiger partial charge < -0.3 is 19.7 Å². The van der Waals surface area contributed by atoms with Gasteiger partial charge in [0.2, 0.25) is 0 Å². The Morgan fingerprint density at radius 1 is 1.25 bits per heavy atom. The van der Waals surface area contributed by atoms with Crippen molar-refractivity contribution in [2.45, 2.75) is 32.5 Å². The number of carbonyl (C=O) groups is 1. The lowest BCUT2D eigenvalue weighted by atomic mass is 10.1. The predicted octanol–water partition coefficient (Wildman–Crippen LogP) is 2.32. The quantitative estimate of drug-likeness (QED) is 0.820. The Labute approximate surface area is 162 Å². The van der Waals surface area contributed by atoms with Gasteiger partial charge in [0.25, 0.3) is 5.56 Å². The van der Waals surface area contributed by atoms with Crippen LogP contribution in [0.25, 0.3) is 0 Å². The number of aromatic nitrogens is 1. The number of piperazine rings is 1. The van der Waals surface area contributed by atoms with Gasteiger partial charge in [0.05, 0.1) is 6.54 Å². The van der Waals surface area contributed by atoms with E-state index in [1.165, 1.54) is 21.6 Å². The fourth-order valence-corrected chi connectivity index (χ4v) is 3.59. The van der Waals surface area contributed by atoms with E-state index < -0.39 is 11.7 Å². The van der Waals surface area contributed by atoms with E-state index in [1.54, 1.807) is 24.4 Å². The standard InChI is InChI=1S/C20H24FN3O4/c1-2-17-13-22(8-9-24(17)20(27)28)12-15-6-7-23(19(26)18(15)25)11-14-4-3-5-16(21)10-14/h3-7,10,17,25H,2,8-9,11-13H2,1H3,(H,27,28). The molecule has 0 bridgehead atoms. The molecule has 28 heavy (non-hydrogen) atoms. The molecular formula is C20H24FN3O4. The van der Waals surface area contributed by atoms with Crippen LogP contribution in [0.2, 0.25) is 0 Å².